The zero-order chi connectivity index (χ0) is 19.4. The third-order valence-corrected chi connectivity index (χ3v) is 4.92. The third-order valence-electron chi connectivity index (χ3n) is 3.65. The van der Waals surface area contributed by atoms with Crippen LogP contribution in [0.5, 0.6) is 17.2 Å². The minimum absolute atomic E-state index is 0.0960. The quantitative estimate of drug-likeness (QED) is 0.312. The van der Waals surface area contributed by atoms with Crippen molar-refractivity contribution < 1.29 is 19.7 Å². The first kappa shape index (κ1) is 19.1. The zero-order valence-corrected chi connectivity index (χ0v) is 15.8. The Bertz CT molecular complexity index is 977. The summed E-state index contributed by atoms with van der Waals surface area (Å²) in [5, 5.41) is 26.6. The zero-order valence-electron chi connectivity index (χ0n) is 14.3. The lowest BCUT2D eigenvalue weighted by Crippen LogP contribution is -2.02. The van der Waals surface area contributed by atoms with Crippen LogP contribution < -0.4 is 4.74 Å². The van der Waals surface area contributed by atoms with E-state index in [1.807, 2.05) is 13.0 Å². The van der Waals surface area contributed by atoms with Gasteiger partial charge in [-0.1, -0.05) is 23.4 Å². The molecule has 3 rings (SSSR count). The van der Waals surface area contributed by atoms with E-state index in [1.165, 1.54) is 18.2 Å². The highest BCUT2D eigenvalue weighted by atomic mass is 35.5. The van der Waals surface area contributed by atoms with Gasteiger partial charge in [0.1, 0.15) is 12.4 Å². The highest BCUT2D eigenvalue weighted by molar-refractivity contribution is 7.99. The van der Waals surface area contributed by atoms with Crippen molar-refractivity contribution in [2.24, 2.45) is 0 Å². The van der Waals surface area contributed by atoms with Gasteiger partial charge in [-0.3, -0.25) is 9.89 Å². The Labute approximate surface area is 164 Å². The van der Waals surface area contributed by atoms with Gasteiger partial charge in [-0.05, 0) is 48.9 Å². The number of phenolic OH excluding ortho intramolecular Hbond substituents is 2. The third kappa shape index (κ3) is 4.93. The summed E-state index contributed by atoms with van der Waals surface area (Å²) < 4.78 is 5.64. The van der Waals surface area contributed by atoms with E-state index in [9.17, 15) is 15.0 Å². The molecular weight excluding hydrogens is 390 g/mol. The van der Waals surface area contributed by atoms with E-state index in [4.69, 9.17) is 16.3 Å². The maximum atomic E-state index is 12.1. The van der Waals surface area contributed by atoms with Gasteiger partial charge in [0.15, 0.2) is 23.1 Å². The monoisotopic (exact) mass is 405 g/mol. The second-order valence-electron chi connectivity index (χ2n) is 5.68. The van der Waals surface area contributed by atoms with E-state index in [0.29, 0.717) is 27.3 Å². The molecule has 0 saturated heterocycles. The van der Waals surface area contributed by atoms with Crippen LogP contribution in [0.15, 0.2) is 41.6 Å². The van der Waals surface area contributed by atoms with E-state index >= 15 is 0 Å². The minimum atomic E-state index is -0.333. The number of aromatic amines is 1. The van der Waals surface area contributed by atoms with Gasteiger partial charge in [0.05, 0.1) is 5.75 Å². The van der Waals surface area contributed by atoms with Gasteiger partial charge in [0, 0.05) is 10.6 Å². The van der Waals surface area contributed by atoms with Crippen LogP contribution in [0.1, 0.15) is 21.7 Å². The Kier molecular flexibility index (Phi) is 5.88. The van der Waals surface area contributed by atoms with E-state index in [2.05, 4.69) is 15.2 Å². The number of thioether (sulfide) groups is 1. The number of carbonyl (C=O) groups is 1. The van der Waals surface area contributed by atoms with Crippen molar-refractivity contribution in [1.29, 1.82) is 0 Å². The van der Waals surface area contributed by atoms with Crippen LogP contribution in [0.25, 0.3) is 0 Å². The number of nitrogens with zero attached hydrogens (tertiary/aromatic N) is 2. The predicted molar refractivity (Wildman–Crippen MR) is 102 cm³/mol. The average molecular weight is 406 g/mol. The largest absolute Gasteiger partial charge is 0.504 e. The fraction of sp³-hybridized carbons (Fsp3) is 0.167. The average Bonchev–Trinajstić information content (AvgIpc) is 3.11. The van der Waals surface area contributed by atoms with Crippen LogP contribution in [-0.4, -0.2) is 36.9 Å². The van der Waals surface area contributed by atoms with E-state index in [-0.39, 0.29) is 29.6 Å². The van der Waals surface area contributed by atoms with Gasteiger partial charge in [-0.2, -0.15) is 0 Å². The highest BCUT2D eigenvalue weighted by Crippen LogP contribution is 2.26. The van der Waals surface area contributed by atoms with Crippen LogP contribution in [0.3, 0.4) is 0 Å². The molecular formula is C18H16ClN3O4S. The number of hydrogen-bond acceptors (Lipinski definition) is 7. The summed E-state index contributed by atoms with van der Waals surface area (Å²) in [6, 6.07) is 9.31. The van der Waals surface area contributed by atoms with Crippen molar-refractivity contribution in [2.75, 3.05) is 5.75 Å². The van der Waals surface area contributed by atoms with Crippen LogP contribution in [0.2, 0.25) is 5.02 Å². The van der Waals surface area contributed by atoms with Crippen LogP contribution in [0.4, 0.5) is 0 Å². The van der Waals surface area contributed by atoms with Gasteiger partial charge < -0.3 is 14.9 Å². The number of rotatable bonds is 7. The Hall–Kier alpha value is -2.71. The topological polar surface area (TPSA) is 108 Å². The summed E-state index contributed by atoms with van der Waals surface area (Å²) in [5.74, 6) is 0.479. The summed E-state index contributed by atoms with van der Waals surface area (Å²) in [4.78, 5) is 16.4. The number of halogens is 1. The lowest BCUT2D eigenvalue weighted by Gasteiger charge is -2.05. The molecule has 0 bridgehead atoms. The number of aromatic hydroxyl groups is 2. The molecule has 0 aliphatic rings. The Morgan fingerprint density at radius 1 is 1.22 bits per heavy atom. The van der Waals surface area contributed by atoms with Crippen LogP contribution >= 0.6 is 23.4 Å². The van der Waals surface area contributed by atoms with Crippen molar-refractivity contribution in [3.8, 4) is 17.2 Å². The molecule has 3 aromatic rings. The van der Waals surface area contributed by atoms with Gasteiger partial charge in [-0.15, -0.1) is 5.10 Å². The molecule has 0 aliphatic carbocycles. The van der Waals surface area contributed by atoms with Crippen molar-refractivity contribution in [3.63, 3.8) is 0 Å². The molecule has 7 nitrogen and oxygen atoms in total. The first-order chi connectivity index (χ1) is 12.9. The lowest BCUT2D eigenvalue weighted by molar-refractivity contribution is 0.102. The minimum Gasteiger partial charge on any atom is -0.504 e. The Balaban J connectivity index is 1.53. The SMILES string of the molecule is Cc1cc(OCc2nc(SCC(=O)c3ccc(O)c(O)c3)n[nH]2)ccc1Cl. The highest BCUT2D eigenvalue weighted by Gasteiger charge is 2.12. The van der Waals surface area contributed by atoms with E-state index < -0.39 is 0 Å². The number of aromatic nitrogens is 3. The normalized spacial score (nSPS) is 10.7. The molecule has 1 aromatic heterocycles. The fourth-order valence-electron chi connectivity index (χ4n) is 2.18. The maximum absolute atomic E-state index is 12.1. The summed E-state index contributed by atoms with van der Waals surface area (Å²) in [5.41, 5.74) is 1.22. The number of benzene rings is 2. The smallest absolute Gasteiger partial charge is 0.208 e. The van der Waals surface area contributed by atoms with Crippen molar-refractivity contribution in [3.05, 3.63) is 58.4 Å². The second kappa shape index (κ2) is 8.32. The van der Waals surface area contributed by atoms with E-state index in [0.717, 1.165) is 17.3 Å². The molecule has 27 heavy (non-hydrogen) atoms. The first-order valence-corrected chi connectivity index (χ1v) is 9.27. The summed E-state index contributed by atoms with van der Waals surface area (Å²) in [6.07, 6.45) is 0. The second-order valence-corrected chi connectivity index (χ2v) is 7.03. The molecule has 3 N–H and O–H groups in total. The molecule has 2 aromatic carbocycles. The predicted octanol–water partition coefficient (Wildman–Crippen LogP) is 3.73. The summed E-state index contributed by atoms with van der Waals surface area (Å²) in [7, 11) is 0. The van der Waals surface area contributed by atoms with Crippen LogP contribution in [0, 0.1) is 6.92 Å². The van der Waals surface area contributed by atoms with Gasteiger partial charge in [0.2, 0.25) is 5.16 Å². The maximum Gasteiger partial charge on any atom is 0.208 e. The fourth-order valence-corrected chi connectivity index (χ4v) is 3.01. The van der Waals surface area contributed by atoms with E-state index in [1.54, 1.807) is 12.1 Å². The van der Waals surface area contributed by atoms with Gasteiger partial charge in [-0.25, -0.2) is 4.98 Å². The Morgan fingerprint density at radius 3 is 2.78 bits per heavy atom. The number of aryl methyl sites for hydroxylation is 1. The molecule has 0 saturated carbocycles. The number of ketones is 1. The number of Topliss-reactive ketones (excluding diaryl/α,β-unsaturated/α-hetero) is 1. The van der Waals surface area contributed by atoms with Crippen molar-refractivity contribution in [1.82, 2.24) is 15.2 Å². The number of ether oxygens (including phenoxy) is 1. The van der Waals surface area contributed by atoms with Crippen LogP contribution in [-0.2, 0) is 6.61 Å². The molecule has 9 heteroatoms. The number of H-pyrrole nitrogens is 1. The van der Waals surface area contributed by atoms with Gasteiger partial charge in [0.25, 0.3) is 0 Å². The summed E-state index contributed by atoms with van der Waals surface area (Å²) in [6.45, 7) is 2.09. The molecule has 0 amide bonds. The standard InChI is InChI=1S/C18H16ClN3O4S/c1-10-6-12(3-4-13(10)19)26-8-17-20-18(22-21-17)27-9-16(25)11-2-5-14(23)15(24)7-11/h2-7,23-24H,8-9H2,1H3,(H,20,21,22). The molecule has 0 fully saturated rings. The number of phenols is 2. The number of nitrogens with one attached hydrogen (secondary N) is 1. The molecule has 0 atom stereocenters. The molecule has 0 radical (unpaired) electrons. The molecule has 140 valence electrons. The molecule has 0 spiro atoms. The lowest BCUT2D eigenvalue weighted by atomic mass is 10.1. The first-order valence-electron chi connectivity index (χ1n) is 7.90. The Morgan fingerprint density at radius 2 is 2.04 bits per heavy atom. The molecule has 0 unspecified atom stereocenters. The van der Waals surface area contributed by atoms with Crippen molar-refractivity contribution >= 4 is 29.1 Å². The number of hydrogen-bond donors (Lipinski definition) is 3. The summed E-state index contributed by atoms with van der Waals surface area (Å²) >= 11 is 7.14. The van der Waals surface area contributed by atoms with Gasteiger partial charge >= 0.3 is 0 Å². The molecule has 0 aliphatic heterocycles. The van der Waals surface area contributed by atoms with Crippen molar-refractivity contribution in [2.45, 2.75) is 18.7 Å². The number of carbonyl (C=O) groups excluding carboxylic acids is 1. The molecule has 1 heterocycles.